The number of likely N-dealkylation sites (tertiary alicyclic amines) is 1. The molecular formula is C24H24N2O7. The van der Waals surface area contributed by atoms with Crippen LogP contribution in [0.5, 0.6) is 0 Å². The van der Waals surface area contributed by atoms with Crippen molar-refractivity contribution in [3.63, 3.8) is 0 Å². The van der Waals surface area contributed by atoms with Crippen LogP contribution in [0.15, 0.2) is 54.6 Å². The van der Waals surface area contributed by atoms with Crippen LogP contribution in [-0.4, -0.2) is 73.7 Å². The minimum Gasteiger partial charge on any atom is -0.467 e. The van der Waals surface area contributed by atoms with Crippen molar-refractivity contribution >= 4 is 23.6 Å². The fourth-order valence-electron chi connectivity index (χ4n) is 4.04. The summed E-state index contributed by atoms with van der Waals surface area (Å²) in [5, 5.41) is 2.56. The molecule has 1 atom stereocenters. The molecule has 0 radical (unpaired) electrons. The lowest BCUT2D eigenvalue weighted by molar-refractivity contribution is -0.152. The maximum atomic E-state index is 12.8. The molecule has 2 aromatic rings. The minimum absolute atomic E-state index is 0.0811. The maximum Gasteiger partial charge on any atom is 0.328 e. The first-order valence-electron chi connectivity index (χ1n) is 10.6. The van der Waals surface area contributed by atoms with Crippen LogP contribution >= 0.6 is 0 Å². The van der Waals surface area contributed by atoms with Crippen molar-refractivity contribution in [2.45, 2.75) is 18.2 Å². The summed E-state index contributed by atoms with van der Waals surface area (Å²) in [5.41, 5.74) is 1.31. The van der Waals surface area contributed by atoms with Gasteiger partial charge in [-0.2, -0.15) is 0 Å². The van der Waals surface area contributed by atoms with Crippen LogP contribution in [0.2, 0.25) is 0 Å². The number of esters is 1. The molecule has 1 N–H and O–H groups in total. The summed E-state index contributed by atoms with van der Waals surface area (Å²) in [6, 6.07) is 14.2. The zero-order chi connectivity index (χ0) is 23.4. The molecule has 2 aliphatic heterocycles. The molecule has 0 aromatic heterocycles. The smallest absolute Gasteiger partial charge is 0.328 e. The van der Waals surface area contributed by atoms with Crippen LogP contribution in [0.3, 0.4) is 0 Å². The molecule has 172 valence electrons. The Kier molecular flexibility index (Phi) is 6.52. The average molecular weight is 452 g/mol. The minimum atomic E-state index is -1.01. The van der Waals surface area contributed by atoms with E-state index in [1.165, 1.54) is 24.1 Å². The number of hydrogen-bond donors (Lipinski definition) is 1. The molecular weight excluding hydrogens is 428 g/mol. The second-order valence-corrected chi connectivity index (χ2v) is 7.83. The first-order chi connectivity index (χ1) is 15.9. The van der Waals surface area contributed by atoms with Crippen molar-refractivity contribution in [3.05, 3.63) is 71.3 Å². The molecule has 9 nitrogen and oxygen atoms in total. The normalized spacial score (nSPS) is 18.8. The summed E-state index contributed by atoms with van der Waals surface area (Å²) in [6.45, 7) is 0.537. The third-order valence-corrected chi connectivity index (χ3v) is 5.74. The lowest BCUT2D eigenvalue weighted by Crippen LogP contribution is -2.46. The number of hydrogen-bond acceptors (Lipinski definition) is 7. The van der Waals surface area contributed by atoms with Gasteiger partial charge in [-0.1, -0.05) is 42.5 Å². The third kappa shape index (κ3) is 4.79. The Labute approximate surface area is 190 Å². The molecule has 2 fully saturated rings. The fraction of sp³-hybridized carbons (Fsp3) is 0.333. The molecule has 0 saturated carbocycles. The van der Waals surface area contributed by atoms with Crippen LogP contribution in [0.4, 0.5) is 0 Å². The zero-order valence-corrected chi connectivity index (χ0v) is 18.1. The second kappa shape index (κ2) is 9.51. The van der Waals surface area contributed by atoms with Gasteiger partial charge < -0.3 is 24.4 Å². The van der Waals surface area contributed by atoms with Gasteiger partial charge in [0.15, 0.2) is 11.6 Å². The highest BCUT2D eigenvalue weighted by Gasteiger charge is 2.52. The SMILES string of the molecule is COC(=O)[C@@H]1CC2(CN1C(=O)CNC(=O)c1ccc(C(=O)c3ccccc3)cc1)OCCO2. The van der Waals surface area contributed by atoms with Crippen molar-refractivity contribution in [1.29, 1.82) is 0 Å². The third-order valence-electron chi connectivity index (χ3n) is 5.74. The van der Waals surface area contributed by atoms with Crippen LogP contribution in [0, 0.1) is 0 Å². The van der Waals surface area contributed by atoms with E-state index in [1.807, 2.05) is 6.07 Å². The van der Waals surface area contributed by atoms with Gasteiger partial charge in [0.1, 0.15) is 6.04 Å². The summed E-state index contributed by atoms with van der Waals surface area (Å²) in [4.78, 5) is 51.3. The summed E-state index contributed by atoms with van der Waals surface area (Å²) < 4.78 is 16.1. The summed E-state index contributed by atoms with van der Waals surface area (Å²) in [5.74, 6) is -2.65. The molecule has 2 aromatic carbocycles. The number of carbonyl (C=O) groups excluding carboxylic acids is 4. The fourth-order valence-corrected chi connectivity index (χ4v) is 4.04. The lowest BCUT2D eigenvalue weighted by Gasteiger charge is -2.23. The molecule has 33 heavy (non-hydrogen) atoms. The topological polar surface area (TPSA) is 111 Å². The number of methoxy groups -OCH3 is 1. The van der Waals surface area contributed by atoms with E-state index >= 15 is 0 Å². The quantitative estimate of drug-likeness (QED) is 0.517. The van der Waals surface area contributed by atoms with Crippen LogP contribution < -0.4 is 5.32 Å². The number of carbonyl (C=O) groups is 4. The molecule has 0 aliphatic carbocycles. The van der Waals surface area contributed by atoms with E-state index in [4.69, 9.17) is 14.2 Å². The van der Waals surface area contributed by atoms with E-state index < -0.39 is 29.6 Å². The zero-order valence-electron chi connectivity index (χ0n) is 18.1. The molecule has 2 amide bonds. The summed E-state index contributed by atoms with van der Waals surface area (Å²) >= 11 is 0. The van der Waals surface area contributed by atoms with Gasteiger partial charge in [-0.05, 0) is 12.1 Å². The Morgan fingerprint density at radius 3 is 2.21 bits per heavy atom. The molecule has 0 unspecified atom stereocenters. The van der Waals surface area contributed by atoms with Gasteiger partial charge in [-0.15, -0.1) is 0 Å². The largest absolute Gasteiger partial charge is 0.467 e. The van der Waals surface area contributed by atoms with E-state index in [2.05, 4.69) is 5.32 Å². The monoisotopic (exact) mass is 452 g/mol. The number of ether oxygens (including phenoxy) is 3. The van der Waals surface area contributed by atoms with Crippen molar-refractivity contribution in [1.82, 2.24) is 10.2 Å². The van der Waals surface area contributed by atoms with Gasteiger partial charge in [0.2, 0.25) is 5.91 Å². The number of nitrogens with zero attached hydrogens (tertiary/aromatic N) is 1. The number of benzene rings is 2. The first-order valence-corrected chi connectivity index (χ1v) is 10.6. The highest BCUT2D eigenvalue weighted by atomic mass is 16.7. The highest BCUT2D eigenvalue weighted by Crippen LogP contribution is 2.35. The summed E-state index contributed by atoms with van der Waals surface area (Å²) in [6.07, 6.45) is 0.177. The van der Waals surface area contributed by atoms with E-state index in [1.54, 1.807) is 36.4 Å². The van der Waals surface area contributed by atoms with Crippen molar-refractivity contribution in [3.8, 4) is 0 Å². The molecule has 9 heteroatoms. The Morgan fingerprint density at radius 2 is 1.58 bits per heavy atom. The molecule has 2 aliphatic rings. The van der Waals surface area contributed by atoms with Gasteiger partial charge in [0.25, 0.3) is 5.91 Å². The number of ketones is 1. The number of nitrogens with one attached hydrogen (secondary N) is 1. The number of rotatable bonds is 6. The first kappa shape index (κ1) is 22.6. The number of amides is 2. The Hall–Kier alpha value is -3.56. The van der Waals surface area contributed by atoms with Crippen LogP contribution in [0.25, 0.3) is 0 Å². The van der Waals surface area contributed by atoms with Crippen molar-refractivity contribution in [2.75, 3.05) is 33.4 Å². The van der Waals surface area contributed by atoms with E-state index in [0.717, 1.165) is 0 Å². The van der Waals surface area contributed by atoms with E-state index in [-0.39, 0.29) is 25.3 Å². The molecule has 2 heterocycles. The average Bonchev–Trinajstić information content (AvgIpc) is 3.48. The second-order valence-electron chi connectivity index (χ2n) is 7.83. The van der Waals surface area contributed by atoms with Crippen molar-refractivity contribution < 1.29 is 33.4 Å². The standard InChI is InChI=1S/C24H24N2O7/c1-31-23(30)19-13-24(32-11-12-33-24)15-26(19)20(27)14-25-22(29)18-9-7-17(8-10-18)21(28)16-5-3-2-4-6-16/h2-10,19H,11-15H2,1H3,(H,25,29)/t19-/m0/s1. The van der Waals surface area contributed by atoms with E-state index in [9.17, 15) is 19.2 Å². The van der Waals surface area contributed by atoms with Gasteiger partial charge in [-0.3, -0.25) is 14.4 Å². The lowest BCUT2D eigenvalue weighted by atomic mass is 10.0. The van der Waals surface area contributed by atoms with Crippen LogP contribution in [-0.2, 0) is 23.8 Å². The predicted octanol–water partition coefficient (Wildman–Crippen LogP) is 1.16. The predicted molar refractivity (Wildman–Crippen MR) is 115 cm³/mol. The van der Waals surface area contributed by atoms with Gasteiger partial charge >= 0.3 is 5.97 Å². The van der Waals surface area contributed by atoms with Gasteiger partial charge in [-0.25, -0.2) is 4.79 Å². The van der Waals surface area contributed by atoms with Gasteiger partial charge in [0, 0.05) is 23.1 Å². The van der Waals surface area contributed by atoms with Gasteiger partial charge in [0.05, 0.1) is 33.4 Å². The molecule has 4 rings (SSSR count). The Balaban J connectivity index is 1.37. The molecule has 2 saturated heterocycles. The molecule has 0 bridgehead atoms. The van der Waals surface area contributed by atoms with Crippen molar-refractivity contribution in [2.24, 2.45) is 0 Å². The molecule has 1 spiro atoms. The van der Waals surface area contributed by atoms with Crippen LogP contribution in [0.1, 0.15) is 32.7 Å². The maximum absolute atomic E-state index is 12.8. The van der Waals surface area contributed by atoms with E-state index in [0.29, 0.717) is 29.9 Å². The Morgan fingerprint density at radius 1 is 0.970 bits per heavy atom. The summed E-state index contributed by atoms with van der Waals surface area (Å²) in [7, 11) is 1.25. The highest BCUT2D eigenvalue weighted by molar-refractivity contribution is 6.09. The Bertz CT molecular complexity index is 1050.